The predicted molar refractivity (Wildman–Crippen MR) is 86.3 cm³/mol. The summed E-state index contributed by atoms with van der Waals surface area (Å²) in [5, 5.41) is 2.57. The van der Waals surface area contributed by atoms with Crippen LogP contribution in [-0.2, 0) is 13.0 Å². The molecule has 0 saturated heterocycles. The first-order chi connectivity index (χ1) is 10.0. The fourth-order valence-corrected chi connectivity index (χ4v) is 2.77. The molecule has 112 valence electrons. The van der Waals surface area contributed by atoms with Crippen LogP contribution in [0, 0.1) is 0 Å². The Balaban J connectivity index is 2.04. The number of hydrogen-bond donors (Lipinski definition) is 1. The maximum Gasteiger partial charge on any atom is 0.273 e. The minimum Gasteiger partial charge on any atom is -0.336 e. The van der Waals surface area contributed by atoms with Gasteiger partial charge in [-0.15, -0.1) is 11.3 Å². The van der Waals surface area contributed by atoms with Gasteiger partial charge in [0.05, 0.1) is 6.04 Å². The van der Waals surface area contributed by atoms with Crippen LogP contribution >= 0.6 is 11.3 Å². The highest BCUT2D eigenvalue weighted by atomic mass is 32.1. The average molecular weight is 303 g/mol. The lowest BCUT2D eigenvalue weighted by Gasteiger charge is -2.16. The zero-order valence-corrected chi connectivity index (χ0v) is 13.5. The van der Waals surface area contributed by atoms with Crippen molar-refractivity contribution in [1.82, 2.24) is 9.88 Å². The summed E-state index contributed by atoms with van der Waals surface area (Å²) < 4.78 is 0. The zero-order valence-electron chi connectivity index (χ0n) is 12.7. The topological polar surface area (TPSA) is 59.2 Å². The number of amides is 1. The number of benzene rings is 1. The van der Waals surface area contributed by atoms with Gasteiger partial charge in [0.15, 0.2) is 0 Å². The number of carbonyl (C=O) groups is 1. The molecule has 5 heteroatoms. The molecule has 4 nitrogen and oxygen atoms in total. The van der Waals surface area contributed by atoms with Gasteiger partial charge in [-0.3, -0.25) is 4.79 Å². The van der Waals surface area contributed by atoms with E-state index in [1.165, 1.54) is 16.9 Å². The number of carbonyl (C=O) groups excluding carboxylic acids is 1. The van der Waals surface area contributed by atoms with Gasteiger partial charge in [-0.05, 0) is 24.5 Å². The molecule has 1 aromatic carbocycles. The Morgan fingerprint density at radius 2 is 1.95 bits per heavy atom. The first kappa shape index (κ1) is 15.7. The van der Waals surface area contributed by atoms with Crippen molar-refractivity contribution in [3.05, 3.63) is 51.5 Å². The van der Waals surface area contributed by atoms with Gasteiger partial charge in [-0.25, -0.2) is 4.98 Å². The van der Waals surface area contributed by atoms with Gasteiger partial charge in [-0.1, -0.05) is 31.2 Å². The van der Waals surface area contributed by atoms with E-state index in [-0.39, 0.29) is 11.9 Å². The highest BCUT2D eigenvalue weighted by molar-refractivity contribution is 7.09. The monoisotopic (exact) mass is 303 g/mol. The summed E-state index contributed by atoms with van der Waals surface area (Å²) in [6.45, 7) is 4.57. The molecular weight excluding hydrogens is 282 g/mol. The van der Waals surface area contributed by atoms with E-state index < -0.39 is 0 Å². The van der Waals surface area contributed by atoms with E-state index in [1.807, 2.05) is 6.92 Å². The van der Waals surface area contributed by atoms with E-state index in [1.54, 1.807) is 17.3 Å². The summed E-state index contributed by atoms with van der Waals surface area (Å²) in [4.78, 5) is 18.3. The SMILES string of the molecule is CCc1ccc(CN(C)C(=O)c2csc(C(C)N)n2)cc1. The van der Waals surface area contributed by atoms with Crippen LogP contribution in [0.1, 0.15) is 46.5 Å². The number of aryl methyl sites for hydroxylation is 1. The number of nitrogens with two attached hydrogens (primary N) is 1. The van der Waals surface area contributed by atoms with E-state index >= 15 is 0 Å². The summed E-state index contributed by atoms with van der Waals surface area (Å²) in [5.41, 5.74) is 8.67. The van der Waals surface area contributed by atoms with Crippen molar-refractivity contribution in [2.24, 2.45) is 5.73 Å². The lowest BCUT2D eigenvalue weighted by molar-refractivity contribution is 0.0780. The van der Waals surface area contributed by atoms with Crippen LogP contribution in [0.5, 0.6) is 0 Å². The molecule has 1 heterocycles. The quantitative estimate of drug-likeness (QED) is 0.923. The molecular formula is C16H21N3OS. The predicted octanol–water partition coefficient (Wildman–Crippen LogP) is 3.00. The maximum absolute atomic E-state index is 12.3. The lowest BCUT2D eigenvalue weighted by atomic mass is 10.1. The van der Waals surface area contributed by atoms with Crippen molar-refractivity contribution in [2.45, 2.75) is 32.9 Å². The molecule has 1 aromatic heterocycles. The average Bonchev–Trinajstić information content (AvgIpc) is 2.97. The van der Waals surface area contributed by atoms with Gasteiger partial charge in [0.25, 0.3) is 5.91 Å². The number of aromatic nitrogens is 1. The van der Waals surface area contributed by atoms with Gasteiger partial charge in [0.2, 0.25) is 0 Å². The summed E-state index contributed by atoms with van der Waals surface area (Å²) in [6, 6.07) is 8.20. The Bertz CT molecular complexity index is 604. The van der Waals surface area contributed by atoms with Crippen LogP contribution in [0.4, 0.5) is 0 Å². The third-order valence-electron chi connectivity index (χ3n) is 3.33. The molecule has 0 fully saturated rings. The molecule has 2 rings (SSSR count). The Labute approximate surface area is 129 Å². The molecule has 0 aliphatic carbocycles. The van der Waals surface area contributed by atoms with E-state index in [2.05, 4.69) is 36.2 Å². The highest BCUT2D eigenvalue weighted by Crippen LogP contribution is 2.17. The molecule has 0 aliphatic heterocycles. The number of hydrogen-bond acceptors (Lipinski definition) is 4. The molecule has 21 heavy (non-hydrogen) atoms. The molecule has 0 aliphatic rings. The largest absolute Gasteiger partial charge is 0.336 e. The Morgan fingerprint density at radius 3 is 2.48 bits per heavy atom. The normalized spacial score (nSPS) is 12.2. The second-order valence-electron chi connectivity index (χ2n) is 5.19. The summed E-state index contributed by atoms with van der Waals surface area (Å²) >= 11 is 1.43. The van der Waals surface area contributed by atoms with E-state index in [9.17, 15) is 4.79 Å². The van der Waals surface area contributed by atoms with Crippen molar-refractivity contribution in [1.29, 1.82) is 0 Å². The lowest BCUT2D eigenvalue weighted by Crippen LogP contribution is -2.26. The zero-order chi connectivity index (χ0) is 15.4. The van der Waals surface area contributed by atoms with Crippen LogP contribution in [0.2, 0.25) is 0 Å². The van der Waals surface area contributed by atoms with Gasteiger partial charge in [0.1, 0.15) is 10.7 Å². The summed E-state index contributed by atoms with van der Waals surface area (Å²) in [5.74, 6) is -0.0716. The molecule has 0 bridgehead atoms. The molecule has 0 spiro atoms. The maximum atomic E-state index is 12.3. The van der Waals surface area contributed by atoms with Crippen LogP contribution in [0.15, 0.2) is 29.6 Å². The number of rotatable bonds is 5. The smallest absolute Gasteiger partial charge is 0.273 e. The van der Waals surface area contributed by atoms with Gasteiger partial charge < -0.3 is 10.6 Å². The minimum atomic E-state index is -0.136. The standard InChI is InChI=1S/C16H21N3OS/c1-4-12-5-7-13(8-6-12)9-19(3)16(20)14-10-21-15(18-14)11(2)17/h5-8,10-11H,4,9,17H2,1-3H3. The van der Waals surface area contributed by atoms with Crippen molar-refractivity contribution in [3.63, 3.8) is 0 Å². The van der Waals surface area contributed by atoms with Crippen molar-refractivity contribution in [2.75, 3.05) is 7.05 Å². The first-order valence-electron chi connectivity index (χ1n) is 7.05. The fourth-order valence-electron chi connectivity index (χ4n) is 2.02. The third kappa shape index (κ3) is 3.89. The summed E-state index contributed by atoms with van der Waals surface area (Å²) in [7, 11) is 1.79. The second kappa shape index (κ2) is 6.83. The molecule has 1 unspecified atom stereocenters. The van der Waals surface area contributed by atoms with E-state index in [0.717, 1.165) is 17.0 Å². The minimum absolute atomic E-state index is 0.0716. The van der Waals surface area contributed by atoms with Crippen molar-refractivity contribution in [3.8, 4) is 0 Å². The fraction of sp³-hybridized carbons (Fsp3) is 0.375. The molecule has 1 atom stereocenters. The van der Waals surface area contributed by atoms with Crippen LogP contribution in [0.25, 0.3) is 0 Å². The molecule has 1 amide bonds. The summed E-state index contributed by atoms with van der Waals surface area (Å²) in [6.07, 6.45) is 1.02. The van der Waals surface area contributed by atoms with Gasteiger partial charge in [-0.2, -0.15) is 0 Å². The molecule has 2 N–H and O–H groups in total. The molecule has 0 saturated carbocycles. The Kier molecular flexibility index (Phi) is 5.09. The third-order valence-corrected chi connectivity index (χ3v) is 4.37. The highest BCUT2D eigenvalue weighted by Gasteiger charge is 2.16. The van der Waals surface area contributed by atoms with E-state index in [4.69, 9.17) is 5.73 Å². The van der Waals surface area contributed by atoms with Gasteiger partial charge >= 0.3 is 0 Å². The molecule has 0 radical (unpaired) electrons. The Hall–Kier alpha value is -1.72. The van der Waals surface area contributed by atoms with Crippen molar-refractivity contribution < 1.29 is 4.79 Å². The first-order valence-corrected chi connectivity index (χ1v) is 7.93. The van der Waals surface area contributed by atoms with Gasteiger partial charge in [0, 0.05) is 19.0 Å². The van der Waals surface area contributed by atoms with Crippen LogP contribution in [-0.4, -0.2) is 22.8 Å². The molecule has 2 aromatic rings. The van der Waals surface area contributed by atoms with E-state index in [0.29, 0.717) is 12.2 Å². The Morgan fingerprint density at radius 1 is 1.33 bits per heavy atom. The number of thiazole rings is 1. The van der Waals surface area contributed by atoms with Crippen molar-refractivity contribution >= 4 is 17.2 Å². The van der Waals surface area contributed by atoms with Crippen LogP contribution < -0.4 is 5.73 Å². The number of nitrogens with zero attached hydrogens (tertiary/aromatic N) is 2. The second-order valence-corrected chi connectivity index (χ2v) is 6.08. The van der Waals surface area contributed by atoms with Crippen LogP contribution in [0.3, 0.4) is 0 Å².